The summed E-state index contributed by atoms with van der Waals surface area (Å²) in [4.78, 5) is 28.6. The molecule has 1 aromatic heterocycles. The number of carbonyl (C=O) groups excluding carboxylic acids is 2. The van der Waals surface area contributed by atoms with Gasteiger partial charge in [0, 0.05) is 39.7 Å². The second-order valence-electron chi connectivity index (χ2n) is 11.8. The Bertz CT molecular complexity index is 1210. The minimum atomic E-state index is -0.600. The van der Waals surface area contributed by atoms with Crippen molar-refractivity contribution in [2.75, 3.05) is 32.2 Å². The number of phenolic OH excluding ortho intramolecular Hbond substituents is 1. The Morgan fingerprint density at radius 2 is 1.75 bits per heavy atom. The van der Waals surface area contributed by atoms with Crippen LogP contribution in [0.1, 0.15) is 70.8 Å². The molecule has 2 aromatic rings. The molecule has 1 fully saturated rings. The van der Waals surface area contributed by atoms with E-state index < -0.39 is 24.1 Å². The molecule has 0 saturated heterocycles. The molecular weight excluding hydrogens is 568 g/mol. The molecule has 0 unspecified atom stereocenters. The van der Waals surface area contributed by atoms with E-state index in [1.54, 1.807) is 30.5 Å². The monoisotopic (exact) mass is 616 g/mol. The summed E-state index contributed by atoms with van der Waals surface area (Å²) in [6, 6.07) is 6.75. The number of nitrogens with zero attached hydrogens (tertiary/aromatic N) is 1. The van der Waals surface area contributed by atoms with Crippen molar-refractivity contribution in [3.8, 4) is 22.6 Å². The van der Waals surface area contributed by atoms with Gasteiger partial charge >= 0.3 is 11.9 Å². The summed E-state index contributed by atoms with van der Waals surface area (Å²) in [5.74, 6) is -0.200. The highest BCUT2D eigenvalue weighted by molar-refractivity contribution is 5.72. The molecule has 0 spiro atoms. The van der Waals surface area contributed by atoms with Crippen molar-refractivity contribution in [3.05, 3.63) is 36.0 Å². The number of pyridine rings is 1. The van der Waals surface area contributed by atoms with Crippen molar-refractivity contribution in [1.82, 2.24) is 4.98 Å². The SMILES string of the molecule is CC(=O)O[C@H](CCc1cc(OCCO)c(O)cc1-c1ccnc(N)c1)C[C@@H](OC(C)=O)[C@H]1C[C@@H](CCO)CCC[C@@H](CO)C1. The first-order valence-corrected chi connectivity index (χ1v) is 15.5. The van der Waals surface area contributed by atoms with Crippen LogP contribution in [0.25, 0.3) is 11.1 Å². The number of phenols is 1. The Labute approximate surface area is 259 Å². The Kier molecular flexibility index (Phi) is 14.2. The van der Waals surface area contributed by atoms with Crippen molar-refractivity contribution in [3.63, 3.8) is 0 Å². The summed E-state index contributed by atoms with van der Waals surface area (Å²) in [7, 11) is 0. The van der Waals surface area contributed by atoms with Gasteiger partial charge in [-0.05, 0) is 97.2 Å². The molecule has 11 nitrogen and oxygen atoms in total. The lowest BCUT2D eigenvalue weighted by molar-refractivity contribution is -0.156. The van der Waals surface area contributed by atoms with Crippen LogP contribution in [0, 0.1) is 17.8 Å². The molecule has 1 saturated carbocycles. The zero-order valence-electron chi connectivity index (χ0n) is 25.8. The van der Waals surface area contributed by atoms with Crippen molar-refractivity contribution < 1.29 is 44.2 Å². The van der Waals surface area contributed by atoms with E-state index in [1.807, 2.05) is 0 Å². The average molecular weight is 617 g/mol. The first-order valence-electron chi connectivity index (χ1n) is 15.5. The number of carbonyl (C=O) groups is 2. The zero-order chi connectivity index (χ0) is 32.1. The average Bonchev–Trinajstić information content (AvgIpc) is 2.96. The predicted octanol–water partition coefficient (Wildman–Crippen LogP) is 3.78. The zero-order valence-corrected chi connectivity index (χ0v) is 25.8. The molecule has 1 aliphatic carbocycles. The van der Waals surface area contributed by atoms with Crippen molar-refractivity contribution in [2.24, 2.45) is 17.8 Å². The van der Waals surface area contributed by atoms with Gasteiger partial charge in [-0.15, -0.1) is 0 Å². The Hall–Kier alpha value is -3.41. The van der Waals surface area contributed by atoms with Crippen LogP contribution in [0.15, 0.2) is 30.5 Å². The number of aromatic hydroxyl groups is 1. The minimum absolute atomic E-state index is 0.00217. The van der Waals surface area contributed by atoms with E-state index in [2.05, 4.69) is 4.98 Å². The van der Waals surface area contributed by atoms with E-state index >= 15 is 0 Å². The van der Waals surface area contributed by atoms with Crippen LogP contribution in [0.5, 0.6) is 11.5 Å². The van der Waals surface area contributed by atoms with Crippen LogP contribution < -0.4 is 10.5 Å². The van der Waals surface area contributed by atoms with Gasteiger partial charge < -0.3 is 40.4 Å². The molecule has 1 aromatic carbocycles. The lowest BCUT2D eigenvalue weighted by Gasteiger charge is -2.35. The maximum absolute atomic E-state index is 12.3. The van der Waals surface area contributed by atoms with Gasteiger partial charge in [0.1, 0.15) is 24.6 Å². The van der Waals surface area contributed by atoms with Gasteiger partial charge in [-0.3, -0.25) is 9.59 Å². The maximum Gasteiger partial charge on any atom is 0.302 e. The molecule has 11 heteroatoms. The standard InChI is InChI=1S/C33H48N2O9/c1-21(39)43-28(18-31(44-22(2)40)27-14-23(9-11-36)4-3-5-24(15-27)20-38)7-6-25-16-32(42-13-12-37)30(41)19-29(25)26-8-10-35-33(34)17-26/h8,10,16-17,19,23-24,27-28,31,36-38,41H,3-7,9,11-15,18,20H2,1-2H3,(H2,34,35)/t23-,24-,27+,28-,31-/m1/s1. The van der Waals surface area contributed by atoms with Crippen molar-refractivity contribution in [1.29, 1.82) is 0 Å². The highest BCUT2D eigenvalue weighted by Gasteiger charge is 2.34. The highest BCUT2D eigenvalue weighted by atomic mass is 16.6. The molecular formula is C33H48N2O9. The van der Waals surface area contributed by atoms with Crippen LogP contribution in [0.4, 0.5) is 5.82 Å². The quantitative estimate of drug-likeness (QED) is 0.184. The second kappa shape index (κ2) is 17.8. The highest BCUT2D eigenvalue weighted by Crippen LogP contribution is 2.38. The van der Waals surface area contributed by atoms with E-state index in [-0.39, 0.29) is 62.1 Å². The summed E-state index contributed by atoms with van der Waals surface area (Å²) in [5, 5.41) is 39.6. The number of aliphatic hydroxyl groups excluding tert-OH is 3. The first kappa shape index (κ1) is 35.1. The van der Waals surface area contributed by atoms with Crippen LogP contribution in [0.2, 0.25) is 0 Å². The Morgan fingerprint density at radius 3 is 2.41 bits per heavy atom. The lowest BCUT2D eigenvalue weighted by atomic mass is 9.75. The van der Waals surface area contributed by atoms with Gasteiger partial charge in [0.15, 0.2) is 11.5 Å². The molecule has 0 bridgehead atoms. The molecule has 0 aliphatic heterocycles. The number of ether oxygens (including phenoxy) is 3. The number of aromatic nitrogens is 1. The molecule has 1 heterocycles. The minimum Gasteiger partial charge on any atom is -0.504 e. The lowest BCUT2D eigenvalue weighted by Crippen LogP contribution is -2.36. The summed E-state index contributed by atoms with van der Waals surface area (Å²) in [6.45, 7) is 2.61. The number of anilines is 1. The van der Waals surface area contributed by atoms with E-state index in [4.69, 9.17) is 19.9 Å². The van der Waals surface area contributed by atoms with Gasteiger partial charge in [-0.25, -0.2) is 4.98 Å². The van der Waals surface area contributed by atoms with E-state index in [0.717, 1.165) is 36.8 Å². The molecule has 6 N–H and O–H groups in total. The summed E-state index contributed by atoms with van der Waals surface area (Å²) < 4.78 is 17.2. The summed E-state index contributed by atoms with van der Waals surface area (Å²) >= 11 is 0. The fourth-order valence-electron chi connectivity index (χ4n) is 6.36. The van der Waals surface area contributed by atoms with Crippen LogP contribution in [-0.2, 0) is 25.5 Å². The Balaban J connectivity index is 1.92. The number of aryl methyl sites for hydroxylation is 1. The fraction of sp³-hybridized carbons (Fsp3) is 0.606. The van der Waals surface area contributed by atoms with Crippen molar-refractivity contribution in [2.45, 2.75) is 83.8 Å². The number of esters is 2. The van der Waals surface area contributed by atoms with Gasteiger partial charge in [0.25, 0.3) is 0 Å². The number of benzene rings is 1. The van der Waals surface area contributed by atoms with Gasteiger partial charge in [-0.2, -0.15) is 0 Å². The number of nitrogen functional groups attached to an aromatic ring is 1. The molecule has 44 heavy (non-hydrogen) atoms. The first-order chi connectivity index (χ1) is 21.1. The third kappa shape index (κ3) is 10.9. The van der Waals surface area contributed by atoms with E-state index in [9.17, 15) is 30.0 Å². The van der Waals surface area contributed by atoms with Gasteiger partial charge in [0.2, 0.25) is 0 Å². The maximum atomic E-state index is 12.3. The third-order valence-electron chi connectivity index (χ3n) is 8.32. The second-order valence-corrected chi connectivity index (χ2v) is 11.8. The molecule has 0 radical (unpaired) electrons. The largest absolute Gasteiger partial charge is 0.504 e. The van der Waals surface area contributed by atoms with E-state index in [0.29, 0.717) is 37.1 Å². The van der Waals surface area contributed by atoms with Crippen molar-refractivity contribution >= 4 is 17.8 Å². The number of rotatable bonds is 15. The summed E-state index contributed by atoms with van der Waals surface area (Å²) in [5.41, 5.74) is 8.16. The van der Waals surface area contributed by atoms with Crippen LogP contribution in [0.3, 0.4) is 0 Å². The summed E-state index contributed by atoms with van der Waals surface area (Å²) in [6.07, 6.45) is 6.31. The molecule has 5 atom stereocenters. The number of hydrogen-bond donors (Lipinski definition) is 5. The van der Waals surface area contributed by atoms with Gasteiger partial charge in [-0.1, -0.05) is 12.8 Å². The van der Waals surface area contributed by atoms with Crippen LogP contribution >= 0.6 is 0 Å². The molecule has 1 aliphatic rings. The Morgan fingerprint density at radius 1 is 1.02 bits per heavy atom. The number of aliphatic hydroxyl groups is 3. The van der Waals surface area contributed by atoms with Crippen LogP contribution in [-0.4, -0.2) is 76.0 Å². The normalized spacial score (nSPS) is 20.2. The smallest absolute Gasteiger partial charge is 0.302 e. The number of nitrogens with two attached hydrogens (primary N) is 1. The number of hydrogen-bond acceptors (Lipinski definition) is 11. The molecule has 3 rings (SSSR count). The fourth-order valence-corrected chi connectivity index (χ4v) is 6.36. The third-order valence-corrected chi connectivity index (χ3v) is 8.32. The van der Waals surface area contributed by atoms with Gasteiger partial charge in [0.05, 0.1) is 6.61 Å². The van der Waals surface area contributed by atoms with E-state index in [1.165, 1.54) is 13.8 Å². The topological polar surface area (TPSA) is 182 Å². The predicted molar refractivity (Wildman–Crippen MR) is 165 cm³/mol. The molecule has 0 amide bonds. The molecule has 244 valence electrons.